The fourth-order valence-electron chi connectivity index (χ4n) is 2.89. The highest BCUT2D eigenvalue weighted by Crippen LogP contribution is 2.19. The van der Waals surface area contributed by atoms with Gasteiger partial charge >= 0.3 is 0 Å². The molecule has 2 heterocycles. The van der Waals surface area contributed by atoms with Crippen molar-refractivity contribution in [1.82, 2.24) is 10.5 Å². The molecule has 1 aliphatic heterocycles. The molecule has 7 heteroatoms. The van der Waals surface area contributed by atoms with Crippen LogP contribution in [0, 0.1) is 13.8 Å². The zero-order chi connectivity index (χ0) is 17.8. The highest BCUT2D eigenvalue weighted by atomic mass is 16.5. The highest BCUT2D eigenvalue weighted by molar-refractivity contribution is 6.09. The lowest BCUT2D eigenvalue weighted by atomic mass is 10.1. The molecule has 0 unspecified atom stereocenters. The Morgan fingerprint density at radius 3 is 2.72 bits per heavy atom. The number of aryl methyl sites for hydroxylation is 2. The van der Waals surface area contributed by atoms with Crippen LogP contribution in [-0.2, 0) is 4.74 Å². The maximum Gasteiger partial charge on any atom is 0.261 e. The van der Waals surface area contributed by atoms with Crippen LogP contribution < -0.4 is 10.6 Å². The van der Waals surface area contributed by atoms with Crippen LogP contribution in [-0.4, -0.2) is 36.2 Å². The average molecular weight is 343 g/mol. The van der Waals surface area contributed by atoms with E-state index >= 15 is 0 Å². The van der Waals surface area contributed by atoms with Crippen molar-refractivity contribution in [2.45, 2.75) is 32.8 Å². The summed E-state index contributed by atoms with van der Waals surface area (Å²) in [6.45, 7) is 4.58. The maximum absolute atomic E-state index is 12.5. The van der Waals surface area contributed by atoms with E-state index in [4.69, 9.17) is 9.26 Å². The second kappa shape index (κ2) is 7.48. The van der Waals surface area contributed by atoms with E-state index in [1.807, 2.05) is 0 Å². The monoisotopic (exact) mass is 343 g/mol. The Bertz CT molecular complexity index is 759. The third-order valence-corrected chi connectivity index (χ3v) is 4.19. The van der Waals surface area contributed by atoms with Crippen LogP contribution >= 0.6 is 0 Å². The Hall–Kier alpha value is -2.67. The molecule has 2 N–H and O–H groups in total. The summed E-state index contributed by atoms with van der Waals surface area (Å²) < 4.78 is 10.5. The van der Waals surface area contributed by atoms with Crippen LogP contribution in [0.5, 0.6) is 0 Å². The van der Waals surface area contributed by atoms with Crippen molar-refractivity contribution in [3.05, 3.63) is 46.8 Å². The van der Waals surface area contributed by atoms with Gasteiger partial charge in [-0.3, -0.25) is 9.59 Å². The first-order valence-corrected chi connectivity index (χ1v) is 8.29. The molecule has 1 saturated heterocycles. The van der Waals surface area contributed by atoms with Crippen LogP contribution in [0.2, 0.25) is 0 Å². The molecule has 3 rings (SSSR count). The standard InChI is InChI=1S/C18H21N3O4/c1-11-16(12(2)25-21-11)18(23)20-15-8-4-3-7-14(15)17(22)19-10-13-6-5-9-24-13/h3-4,7-8,13H,5-6,9-10H2,1-2H3,(H,19,22)(H,20,23)/t13-/m1/s1. The van der Waals surface area contributed by atoms with Gasteiger partial charge < -0.3 is 19.9 Å². The van der Waals surface area contributed by atoms with Crippen molar-refractivity contribution in [1.29, 1.82) is 0 Å². The van der Waals surface area contributed by atoms with E-state index in [2.05, 4.69) is 15.8 Å². The fourth-order valence-corrected chi connectivity index (χ4v) is 2.89. The molecule has 2 aromatic rings. The van der Waals surface area contributed by atoms with E-state index in [0.29, 0.717) is 34.8 Å². The molecule has 0 saturated carbocycles. The molecule has 1 fully saturated rings. The Morgan fingerprint density at radius 1 is 1.24 bits per heavy atom. The van der Waals surface area contributed by atoms with Crippen molar-refractivity contribution in [3.63, 3.8) is 0 Å². The van der Waals surface area contributed by atoms with E-state index in [1.165, 1.54) is 0 Å². The summed E-state index contributed by atoms with van der Waals surface area (Å²) in [5, 5.41) is 9.42. The lowest BCUT2D eigenvalue weighted by Gasteiger charge is -2.13. The summed E-state index contributed by atoms with van der Waals surface area (Å²) >= 11 is 0. The third-order valence-electron chi connectivity index (χ3n) is 4.19. The lowest BCUT2D eigenvalue weighted by Crippen LogP contribution is -2.32. The fraction of sp³-hybridized carbons (Fsp3) is 0.389. The van der Waals surface area contributed by atoms with E-state index in [0.717, 1.165) is 19.4 Å². The lowest BCUT2D eigenvalue weighted by molar-refractivity contribution is 0.0858. The van der Waals surface area contributed by atoms with Gasteiger partial charge in [0.2, 0.25) is 0 Å². The molecule has 2 amide bonds. The number of benzene rings is 1. The molecule has 1 atom stereocenters. The molecule has 1 aromatic carbocycles. The van der Waals surface area contributed by atoms with Crippen LogP contribution in [0.15, 0.2) is 28.8 Å². The predicted octanol–water partition coefficient (Wildman–Crippen LogP) is 2.45. The van der Waals surface area contributed by atoms with Crippen molar-refractivity contribution >= 4 is 17.5 Å². The second-order valence-electron chi connectivity index (χ2n) is 6.04. The van der Waals surface area contributed by atoms with Gasteiger partial charge in [0.05, 0.1) is 23.0 Å². The molecule has 0 aliphatic carbocycles. The number of hydrogen-bond acceptors (Lipinski definition) is 5. The number of para-hydroxylation sites is 1. The minimum atomic E-state index is -0.351. The minimum Gasteiger partial charge on any atom is -0.376 e. The number of amides is 2. The van der Waals surface area contributed by atoms with Gasteiger partial charge in [-0.1, -0.05) is 17.3 Å². The Labute approximate surface area is 145 Å². The molecule has 0 radical (unpaired) electrons. The van der Waals surface area contributed by atoms with Gasteiger partial charge in [-0.25, -0.2) is 0 Å². The summed E-state index contributed by atoms with van der Waals surface area (Å²) in [7, 11) is 0. The third kappa shape index (κ3) is 3.88. The molecule has 1 aromatic heterocycles. The zero-order valence-corrected chi connectivity index (χ0v) is 14.3. The number of carbonyl (C=O) groups excluding carboxylic acids is 2. The van der Waals surface area contributed by atoms with Crippen molar-refractivity contribution in [2.24, 2.45) is 0 Å². The summed E-state index contributed by atoms with van der Waals surface area (Å²) in [5.74, 6) is -0.156. The number of hydrogen-bond donors (Lipinski definition) is 2. The molecule has 0 bridgehead atoms. The van der Waals surface area contributed by atoms with Crippen LogP contribution in [0.25, 0.3) is 0 Å². The molecule has 1 aliphatic rings. The van der Waals surface area contributed by atoms with Gasteiger partial charge in [-0.05, 0) is 38.8 Å². The quantitative estimate of drug-likeness (QED) is 0.870. The van der Waals surface area contributed by atoms with Crippen molar-refractivity contribution in [2.75, 3.05) is 18.5 Å². The van der Waals surface area contributed by atoms with Crippen LogP contribution in [0.1, 0.15) is 45.0 Å². The van der Waals surface area contributed by atoms with Gasteiger partial charge in [0.25, 0.3) is 11.8 Å². The maximum atomic E-state index is 12.5. The predicted molar refractivity (Wildman–Crippen MR) is 91.7 cm³/mol. The molecule has 0 spiro atoms. The number of nitrogens with zero attached hydrogens (tertiary/aromatic N) is 1. The van der Waals surface area contributed by atoms with E-state index in [-0.39, 0.29) is 17.9 Å². The average Bonchev–Trinajstić information content (AvgIpc) is 3.23. The van der Waals surface area contributed by atoms with Gasteiger partial charge in [0.15, 0.2) is 0 Å². The van der Waals surface area contributed by atoms with Crippen LogP contribution in [0.4, 0.5) is 5.69 Å². The minimum absolute atomic E-state index is 0.0630. The number of nitrogens with one attached hydrogen (secondary N) is 2. The normalized spacial score (nSPS) is 16.6. The number of rotatable bonds is 5. The smallest absolute Gasteiger partial charge is 0.261 e. The Kier molecular flexibility index (Phi) is 5.14. The van der Waals surface area contributed by atoms with Crippen molar-refractivity contribution < 1.29 is 18.8 Å². The summed E-state index contributed by atoms with van der Waals surface area (Å²) in [4.78, 5) is 25.0. The van der Waals surface area contributed by atoms with E-state index in [9.17, 15) is 9.59 Å². The van der Waals surface area contributed by atoms with Gasteiger partial charge in [-0.2, -0.15) is 0 Å². The number of anilines is 1. The number of ether oxygens (including phenoxy) is 1. The second-order valence-corrected chi connectivity index (χ2v) is 6.04. The van der Waals surface area contributed by atoms with Crippen molar-refractivity contribution in [3.8, 4) is 0 Å². The van der Waals surface area contributed by atoms with Gasteiger partial charge in [0.1, 0.15) is 11.3 Å². The Balaban J connectivity index is 1.72. The van der Waals surface area contributed by atoms with Crippen LogP contribution in [0.3, 0.4) is 0 Å². The topological polar surface area (TPSA) is 93.5 Å². The number of aromatic nitrogens is 1. The highest BCUT2D eigenvalue weighted by Gasteiger charge is 2.21. The van der Waals surface area contributed by atoms with E-state index in [1.54, 1.807) is 38.1 Å². The molecular weight excluding hydrogens is 322 g/mol. The first kappa shape index (κ1) is 17.2. The first-order chi connectivity index (χ1) is 12.1. The summed E-state index contributed by atoms with van der Waals surface area (Å²) in [6.07, 6.45) is 2.03. The SMILES string of the molecule is Cc1noc(C)c1C(=O)Nc1ccccc1C(=O)NC[C@H]1CCCO1. The first-order valence-electron chi connectivity index (χ1n) is 8.29. The molecule has 7 nitrogen and oxygen atoms in total. The molecular formula is C18H21N3O4. The zero-order valence-electron chi connectivity index (χ0n) is 14.3. The molecule has 132 valence electrons. The number of carbonyl (C=O) groups is 2. The largest absolute Gasteiger partial charge is 0.376 e. The summed E-state index contributed by atoms with van der Waals surface area (Å²) in [6, 6.07) is 6.89. The Morgan fingerprint density at radius 2 is 2.04 bits per heavy atom. The molecule has 25 heavy (non-hydrogen) atoms. The van der Waals surface area contributed by atoms with Gasteiger partial charge in [-0.15, -0.1) is 0 Å². The van der Waals surface area contributed by atoms with Gasteiger partial charge in [0, 0.05) is 13.2 Å². The summed E-state index contributed by atoms with van der Waals surface area (Å²) in [5.41, 5.74) is 1.74. The van der Waals surface area contributed by atoms with E-state index < -0.39 is 0 Å².